The molecular formula is C11H11ClN2OS. The molecule has 0 atom stereocenters. The second-order valence-electron chi connectivity index (χ2n) is 3.25. The minimum absolute atomic E-state index is 0.530. The highest BCUT2D eigenvalue weighted by Gasteiger charge is 2.07. The van der Waals surface area contributed by atoms with Gasteiger partial charge in [0.25, 0.3) is 5.19 Å². The molecule has 2 N–H and O–H groups in total. The summed E-state index contributed by atoms with van der Waals surface area (Å²) in [6.45, 7) is 2.05. The maximum atomic E-state index is 5.98. The zero-order chi connectivity index (χ0) is 11.5. The Morgan fingerprint density at radius 2 is 2.31 bits per heavy atom. The lowest BCUT2D eigenvalue weighted by atomic mass is 10.3. The zero-order valence-electron chi connectivity index (χ0n) is 8.74. The normalized spacial score (nSPS) is 10.4. The van der Waals surface area contributed by atoms with E-state index in [1.54, 1.807) is 18.2 Å². The molecule has 84 valence electrons. The molecule has 0 amide bonds. The van der Waals surface area contributed by atoms with Crippen LogP contribution in [0.25, 0.3) is 0 Å². The summed E-state index contributed by atoms with van der Waals surface area (Å²) in [7, 11) is 0. The number of anilines is 1. The van der Waals surface area contributed by atoms with Crippen LogP contribution >= 0.6 is 22.9 Å². The van der Waals surface area contributed by atoms with Crippen molar-refractivity contribution in [2.24, 2.45) is 0 Å². The molecule has 16 heavy (non-hydrogen) atoms. The molecule has 1 aromatic heterocycles. The van der Waals surface area contributed by atoms with Crippen LogP contribution in [0.4, 0.5) is 5.69 Å². The summed E-state index contributed by atoms with van der Waals surface area (Å²) in [5.41, 5.74) is 7.29. The number of rotatable bonds is 3. The molecule has 1 aromatic carbocycles. The molecule has 0 aliphatic rings. The lowest BCUT2D eigenvalue weighted by Crippen LogP contribution is -1.89. The number of thiazole rings is 1. The van der Waals surface area contributed by atoms with Gasteiger partial charge in [0.1, 0.15) is 0 Å². The Labute approximate surface area is 103 Å². The third kappa shape index (κ3) is 2.46. The van der Waals surface area contributed by atoms with Gasteiger partial charge in [0.2, 0.25) is 0 Å². The van der Waals surface area contributed by atoms with E-state index in [0.29, 0.717) is 21.7 Å². The predicted molar refractivity (Wildman–Crippen MR) is 67.4 cm³/mol. The molecule has 0 saturated carbocycles. The van der Waals surface area contributed by atoms with Crippen LogP contribution < -0.4 is 10.5 Å². The van der Waals surface area contributed by atoms with Gasteiger partial charge in [-0.2, -0.15) is 0 Å². The van der Waals surface area contributed by atoms with E-state index >= 15 is 0 Å². The lowest BCUT2D eigenvalue weighted by Gasteiger charge is -2.04. The minimum atomic E-state index is 0.530. The van der Waals surface area contributed by atoms with Crippen molar-refractivity contribution in [1.29, 1.82) is 0 Å². The summed E-state index contributed by atoms with van der Waals surface area (Å²) in [5, 5.41) is 3.09. The number of hydrogen-bond donors (Lipinski definition) is 1. The second kappa shape index (κ2) is 4.72. The van der Waals surface area contributed by atoms with Crippen molar-refractivity contribution in [2.45, 2.75) is 13.3 Å². The zero-order valence-corrected chi connectivity index (χ0v) is 10.3. The van der Waals surface area contributed by atoms with E-state index in [0.717, 1.165) is 12.1 Å². The maximum Gasteiger partial charge on any atom is 0.278 e. The van der Waals surface area contributed by atoms with E-state index in [-0.39, 0.29) is 0 Å². The molecule has 3 nitrogen and oxygen atoms in total. The van der Waals surface area contributed by atoms with Crippen molar-refractivity contribution < 1.29 is 4.74 Å². The van der Waals surface area contributed by atoms with Crippen LogP contribution in [0.2, 0.25) is 5.02 Å². The third-order valence-corrected chi connectivity index (χ3v) is 3.12. The van der Waals surface area contributed by atoms with E-state index < -0.39 is 0 Å². The Balaban J connectivity index is 2.22. The number of benzene rings is 1. The summed E-state index contributed by atoms with van der Waals surface area (Å²) < 4.78 is 5.57. The van der Waals surface area contributed by atoms with Gasteiger partial charge >= 0.3 is 0 Å². The number of nitrogens with zero attached hydrogens (tertiary/aromatic N) is 1. The summed E-state index contributed by atoms with van der Waals surface area (Å²) in [4.78, 5) is 4.29. The fourth-order valence-corrected chi connectivity index (χ4v) is 2.11. The van der Waals surface area contributed by atoms with Crippen LogP contribution in [0.15, 0.2) is 23.6 Å². The van der Waals surface area contributed by atoms with Crippen molar-refractivity contribution >= 4 is 28.6 Å². The van der Waals surface area contributed by atoms with E-state index in [4.69, 9.17) is 22.1 Å². The Morgan fingerprint density at radius 1 is 1.50 bits per heavy atom. The van der Waals surface area contributed by atoms with E-state index in [1.807, 2.05) is 12.3 Å². The predicted octanol–water partition coefficient (Wildman–Crippen LogP) is 3.73. The van der Waals surface area contributed by atoms with Crippen LogP contribution in [0.5, 0.6) is 10.9 Å². The molecule has 2 aromatic rings. The monoisotopic (exact) mass is 254 g/mol. The van der Waals surface area contributed by atoms with E-state index in [1.165, 1.54) is 11.3 Å². The minimum Gasteiger partial charge on any atom is -0.429 e. The van der Waals surface area contributed by atoms with E-state index in [2.05, 4.69) is 4.98 Å². The summed E-state index contributed by atoms with van der Waals surface area (Å²) in [6.07, 6.45) is 0.893. The van der Waals surface area contributed by atoms with E-state index in [9.17, 15) is 0 Å². The smallest absolute Gasteiger partial charge is 0.278 e. The van der Waals surface area contributed by atoms with Gasteiger partial charge in [0.05, 0.1) is 10.7 Å². The number of nitrogens with two attached hydrogens (primary N) is 1. The van der Waals surface area contributed by atoms with Gasteiger partial charge in [-0.1, -0.05) is 29.9 Å². The van der Waals surface area contributed by atoms with Crippen molar-refractivity contribution in [3.63, 3.8) is 0 Å². The molecule has 0 radical (unpaired) electrons. The van der Waals surface area contributed by atoms with Gasteiger partial charge in [0, 0.05) is 17.1 Å². The summed E-state index contributed by atoms with van der Waals surface area (Å²) in [5.74, 6) is 0.540. The Bertz CT molecular complexity index is 498. The highest BCUT2D eigenvalue weighted by atomic mass is 35.5. The van der Waals surface area contributed by atoms with Gasteiger partial charge in [-0.25, -0.2) is 4.98 Å². The maximum absolute atomic E-state index is 5.98. The van der Waals surface area contributed by atoms with Gasteiger partial charge in [0.15, 0.2) is 5.75 Å². The molecular weight excluding hydrogens is 244 g/mol. The quantitative estimate of drug-likeness (QED) is 0.849. The Kier molecular flexibility index (Phi) is 3.31. The van der Waals surface area contributed by atoms with Crippen LogP contribution in [-0.4, -0.2) is 4.98 Å². The molecule has 0 bridgehead atoms. The van der Waals surface area contributed by atoms with Gasteiger partial charge in [-0.3, -0.25) is 0 Å². The molecule has 0 fully saturated rings. The topological polar surface area (TPSA) is 48.1 Å². The number of aromatic nitrogens is 1. The van der Waals surface area contributed by atoms with Crippen molar-refractivity contribution in [1.82, 2.24) is 4.98 Å². The van der Waals surface area contributed by atoms with Crippen LogP contribution in [-0.2, 0) is 6.42 Å². The van der Waals surface area contributed by atoms with Crippen molar-refractivity contribution in [3.05, 3.63) is 34.3 Å². The summed E-state index contributed by atoms with van der Waals surface area (Å²) in [6, 6.07) is 5.13. The first-order valence-electron chi connectivity index (χ1n) is 4.86. The fraction of sp³-hybridized carbons (Fsp3) is 0.182. The van der Waals surface area contributed by atoms with Gasteiger partial charge in [-0.05, 0) is 18.6 Å². The first-order chi connectivity index (χ1) is 7.69. The molecule has 0 unspecified atom stereocenters. The van der Waals surface area contributed by atoms with Gasteiger partial charge < -0.3 is 10.5 Å². The number of aryl methyl sites for hydroxylation is 1. The average molecular weight is 255 g/mol. The first kappa shape index (κ1) is 11.2. The largest absolute Gasteiger partial charge is 0.429 e. The van der Waals surface area contributed by atoms with Crippen LogP contribution in [0.1, 0.15) is 12.6 Å². The SMILES string of the molecule is CCc1csc(Oc2cc(N)ccc2Cl)n1. The Morgan fingerprint density at radius 3 is 3.00 bits per heavy atom. The Hall–Kier alpha value is -1.26. The molecule has 0 saturated heterocycles. The molecule has 0 aliphatic carbocycles. The standard InChI is InChI=1S/C11H11ClN2OS/c1-2-8-6-16-11(14-8)15-10-5-7(13)3-4-9(10)12/h3-6H,2,13H2,1H3. The van der Waals surface area contributed by atoms with Crippen LogP contribution in [0.3, 0.4) is 0 Å². The van der Waals surface area contributed by atoms with Crippen LogP contribution in [0, 0.1) is 0 Å². The number of hydrogen-bond acceptors (Lipinski definition) is 4. The molecule has 2 rings (SSSR count). The highest BCUT2D eigenvalue weighted by Crippen LogP contribution is 2.32. The average Bonchev–Trinajstić information content (AvgIpc) is 2.71. The van der Waals surface area contributed by atoms with Gasteiger partial charge in [-0.15, -0.1) is 0 Å². The third-order valence-electron chi connectivity index (χ3n) is 2.05. The lowest BCUT2D eigenvalue weighted by molar-refractivity contribution is 0.478. The summed E-state index contributed by atoms with van der Waals surface area (Å²) >= 11 is 7.43. The second-order valence-corrected chi connectivity index (χ2v) is 4.48. The number of nitrogen functional groups attached to an aromatic ring is 1. The number of ether oxygens (including phenoxy) is 1. The highest BCUT2D eigenvalue weighted by molar-refractivity contribution is 7.11. The first-order valence-corrected chi connectivity index (χ1v) is 6.12. The van der Waals surface area contributed by atoms with Crippen molar-refractivity contribution in [2.75, 3.05) is 5.73 Å². The molecule has 0 aliphatic heterocycles. The molecule has 0 spiro atoms. The molecule has 1 heterocycles. The van der Waals surface area contributed by atoms with Crippen molar-refractivity contribution in [3.8, 4) is 10.9 Å². The fourth-order valence-electron chi connectivity index (χ4n) is 1.19. The number of halogens is 1. The molecule has 5 heteroatoms.